The number of rotatable bonds is 11. The number of methoxy groups -OCH3 is 1. The molecule has 0 aliphatic carbocycles. The van der Waals surface area contributed by atoms with Gasteiger partial charge in [0.2, 0.25) is 0 Å². The van der Waals surface area contributed by atoms with Gasteiger partial charge in [-0.2, -0.15) is 0 Å². The molecule has 1 heterocycles. The molecule has 1 aliphatic rings. The number of hydrogen-bond donors (Lipinski definition) is 0. The lowest BCUT2D eigenvalue weighted by atomic mass is 9.97. The summed E-state index contributed by atoms with van der Waals surface area (Å²) in [5, 5.41) is 5.31. The van der Waals surface area contributed by atoms with E-state index in [9.17, 15) is 19.2 Å². The first-order chi connectivity index (χ1) is 19.1. The van der Waals surface area contributed by atoms with Gasteiger partial charge in [-0.25, -0.2) is 4.79 Å². The Morgan fingerprint density at radius 1 is 0.925 bits per heavy atom. The Balaban J connectivity index is 1.95. The molecule has 1 unspecified atom stereocenters. The Kier molecular flexibility index (Phi) is 10.6. The van der Waals surface area contributed by atoms with Gasteiger partial charge in [-0.05, 0) is 17.0 Å². The normalized spacial score (nSPS) is 22.8. The molecule has 1 saturated heterocycles. The van der Waals surface area contributed by atoms with Crippen LogP contribution in [0.4, 0.5) is 0 Å². The van der Waals surface area contributed by atoms with Gasteiger partial charge in [-0.3, -0.25) is 14.4 Å². The number of fused-ring (bicyclic) bond motifs is 1. The van der Waals surface area contributed by atoms with Crippen LogP contribution in [-0.4, -0.2) is 80.9 Å². The number of nitrogens with zero attached hydrogens (tertiary/aromatic N) is 3. The molecule has 0 N–H and O–H groups in total. The van der Waals surface area contributed by atoms with Crippen molar-refractivity contribution >= 4 is 34.6 Å². The molecule has 1 aliphatic heterocycles. The maximum absolute atomic E-state index is 12.6. The Hall–Kier alpha value is -4.39. The largest absolute Gasteiger partial charge is 0.490 e. The Labute approximate surface area is 229 Å². The van der Waals surface area contributed by atoms with Gasteiger partial charge in [0.05, 0.1) is 13.7 Å². The summed E-state index contributed by atoms with van der Waals surface area (Å²) in [6.07, 6.45) is -8.77. The van der Waals surface area contributed by atoms with Crippen LogP contribution in [0, 0.1) is 0 Å². The molecule has 0 bridgehead atoms. The van der Waals surface area contributed by atoms with Crippen molar-refractivity contribution < 1.29 is 52.3 Å². The summed E-state index contributed by atoms with van der Waals surface area (Å²) >= 11 is 0. The van der Waals surface area contributed by atoms with E-state index >= 15 is 0 Å². The van der Waals surface area contributed by atoms with Crippen LogP contribution in [0.25, 0.3) is 21.2 Å². The molecule has 6 atom stereocenters. The van der Waals surface area contributed by atoms with Crippen LogP contribution < -0.4 is 4.74 Å². The summed E-state index contributed by atoms with van der Waals surface area (Å²) in [5.41, 5.74) is 8.92. The van der Waals surface area contributed by atoms with E-state index < -0.39 is 60.7 Å². The highest BCUT2D eigenvalue weighted by Crippen LogP contribution is 2.31. The van der Waals surface area contributed by atoms with Crippen LogP contribution in [0.3, 0.4) is 0 Å². The minimum absolute atomic E-state index is 0.159. The fraction of sp³-hybridized carbons (Fsp3) is 0.462. The van der Waals surface area contributed by atoms with Crippen molar-refractivity contribution in [3.8, 4) is 5.75 Å². The second-order valence-corrected chi connectivity index (χ2v) is 8.63. The number of ether oxygens (including phenoxy) is 7. The van der Waals surface area contributed by atoms with E-state index in [-0.39, 0.29) is 13.2 Å². The van der Waals surface area contributed by atoms with Crippen molar-refractivity contribution in [2.24, 2.45) is 5.11 Å². The van der Waals surface area contributed by atoms with Gasteiger partial charge in [0.1, 0.15) is 18.5 Å². The van der Waals surface area contributed by atoms with Gasteiger partial charge >= 0.3 is 23.9 Å². The first-order valence-electron chi connectivity index (χ1n) is 12.2. The first-order valence-corrected chi connectivity index (χ1v) is 12.2. The number of carbonyl (C=O) groups is 4. The quantitative estimate of drug-likeness (QED) is 0.130. The number of azide groups is 1. The zero-order chi connectivity index (χ0) is 29.2. The molecule has 0 radical (unpaired) electrons. The zero-order valence-electron chi connectivity index (χ0n) is 22.3. The highest BCUT2D eigenvalue weighted by molar-refractivity contribution is 5.88. The molecular formula is C26H29N3O11. The molecule has 14 heteroatoms. The van der Waals surface area contributed by atoms with E-state index in [0.29, 0.717) is 5.75 Å². The van der Waals surface area contributed by atoms with Crippen LogP contribution in [0.2, 0.25) is 0 Å². The Bertz CT molecular complexity index is 1270. The summed E-state index contributed by atoms with van der Waals surface area (Å²) in [6.45, 7) is 2.84. The predicted octanol–water partition coefficient (Wildman–Crippen LogP) is 2.61. The average Bonchev–Trinajstić information content (AvgIpc) is 2.91. The van der Waals surface area contributed by atoms with Crippen LogP contribution in [0.1, 0.15) is 20.8 Å². The van der Waals surface area contributed by atoms with Gasteiger partial charge in [0.25, 0.3) is 0 Å². The molecule has 1 fully saturated rings. The van der Waals surface area contributed by atoms with E-state index in [1.54, 1.807) is 6.07 Å². The molecule has 0 saturated carbocycles. The van der Waals surface area contributed by atoms with Crippen molar-refractivity contribution in [3.05, 3.63) is 52.9 Å². The molecule has 2 aromatic carbocycles. The van der Waals surface area contributed by atoms with Crippen molar-refractivity contribution in [2.75, 3.05) is 20.3 Å². The molecule has 0 amide bonds. The second kappa shape index (κ2) is 14.1. The Morgan fingerprint density at radius 3 is 2.20 bits per heavy atom. The van der Waals surface area contributed by atoms with E-state index in [1.807, 2.05) is 36.4 Å². The van der Waals surface area contributed by atoms with Gasteiger partial charge in [0.15, 0.2) is 30.7 Å². The molecule has 0 spiro atoms. The second-order valence-electron chi connectivity index (χ2n) is 8.63. The van der Waals surface area contributed by atoms with Crippen LogP contribution in [0.15, 0.2) is 47.6 Å². The fourth-order valence-electron chi connectivity index (χ4n) is 4.15. The molecular weight excluding hydrogens is 530 g/mol. The highest BCUT2D eigenvalue weighted by Gasteiger charge is 2.55. The molecule has 0 aromatic heterocycles. The fourth-order valence-corrected chi connectivity index (χ4v) is 4.15. The monoisotopic (exact) mass is 559 g/mol. The van der Waals surface area contributed by atoms with E-state index in [1.165, 1.54) is 0 Å². The minimum atomic E-state index is -1.63. The Morgan fingerprint density at radius 2 is 1.55 bits per heavy atom. The van der Waals surface area contributed by atoms with Crippen molar-refractivity contribution in [2.45, 2.75) is 57.6 Å². The van der Waals surface area contributed by atoms with Crippen LogP contribution in [-0.2, 0) is 47.6 Å². The van der Waals surface area contributed by atoms with Gasteiger partial charge in [-0.1, -0.05) is 41.5 Å². The maximum Gasteiger partial charge on any atom is 0.339 e. The van der Waals surface area contributed by atoms with Crippen molar-refractivity contribution in [1.29, 1.82) is 0 Å². The summed E-state index contributed by atoms with van der Waals surface area (Å²) in [6, 6.07) is 13.0. The average molecular weight is 560 g/mol. The topological polar surface area (TPSA) is 182 Å². The smallest absolute Gasteiger partial charge is 0.339 e. The third-order valence-electron chi connectivity index (χ3n) is 5.68. The number of esters is 4. The van der Waals surface area contributed by atoms with Crippen molar-refractivity contribution in [1.82, 2.24) is 0 Å². The van der Waals surface area contributed by atoms with E-state index in [0.717, 1.165) is 38.7 Å². The number of carbonyl (C=O) groups excluding carboxylic acids is 4. The van der Waals surface area contributed by atoms with Crippen LogP contribution >= 0.6 is 0 Å². The van der Waals surface area contributed by atoms with Gasteiger partial charge in [-0.15, -0.1) is 0 Å². The summed E-state index contributed by atoms with van der Waals surface area (Å²) in [7, 11) is 1.08. The summed E-state index contributed by atoms with van der Waals surface area (Å²) in [5.74, 6) is -2.92. The zero-order valence-corrected chi connectivity index (χ0v) is 22.3. The van der Waals surface area contributed by atoms with E-state index in [2.05, 4.69) is 10.0 Å². The van der Waals surface area contributed by atoms with Crippen molar-refractivity contribution in [3.63, 3.8) is 0 Å². The van der Waals surface area contributed by atoms with Crippen LogP contribution in [0.5, 0.6) is 5.75 Å². The molecule has 3 rings (SSSR count). The van der Waals surface area contributed by atoms with Gasteiger partial charge < -0.3 is 33.2 Å². The standard InChI is InChI=1S/C26H29N3O11/c1-14(30)36-21-22(37-15(2)31)24(38-16(3)32)26(40-23(21)25(33)34-4)39-18(12-28-29-27)13-35-20-11-7-9-17-8-5-6-10-19(17)20/h5-11,18,21-24,26H,12-13H2,1-4H3/t18?,21-,22-,23-,24+,26+/m0/s1. The minimum Gasteiger partial charge on any atom is -0.490 e. The summed E-state index contributed by atoms with van der Waals surface area (Å²) < 4.78 is 38.5. The maximum atomic E-state index is 12.6. The first kappa shape index (κ1) is 30.2. The molecule has 2 aromatic rings. The third-order valence-corrected chi connectivity index (χ3v) is 5.68. The van der Waals surface area contributed by atoms with Gasteiger partial charge in [0, 0.05) is 31.1 Å². The van der Waals surface area contributed by atoms with E-state index in [4.69, 9.17) is 38.7 Å². The molecule has 214 valence electrons. The lowest BCUT2D eigenvalue weighted by Gasteiger charge is -2.43. The SMILES string of the molecule is COC(=O)[C@H]1O[C@@H](OC(CN=[N+]=[N-])COc2cccc3ccccc23)[C@H](OC(C)=O)[C@@H](OC(C)=O)[C@@H]1OC(C)=O. The lowest BCUT2D eigenvalue weighted by molar-refractivity contribution is -0.310. The molecule has 40 heavy (non-hydrogen) atoms. The molecule has 14 nitrogen and oxygen atoms in total. The third kappa shape index (κ3) is 7.82. The predicted molar refractivity (Wildman–Crippen MR) is 136 cm³/mol. The number of benzene rings is 2. The summed E-state index contributed by atoms with van der Waals surface area (Å²) in [4.78, 5) is 51.2. The lowest BCUT2D eigenvalue weighted by Crippen LogP contribution is -2.64. The number of hydrogen-bond acceptors (Lipinski definition) is 12. The highest BCUT2D eigenvalue weighted by atomic mass is 16.7.